The van der Waals surface area contributed by atoms with E-state index >= 15 is 0 Å². The molecule has 18 heavy (non-hydrogen) atoms. The van der Waals surface area contributed by atoms with E-state index in [-0.39, 0.29) is 5.76 Å². The summed E-state index contributed by atoms with van der Waals surface area (Å²) >= 11 is 3.40. The van der Waals surface area contributed by atoms with E-state index < -0.39 is 5.97 Å². The number of furan rings is 1. The number of aromatic carboxylic acids is 1. The molecule has 1 N–H and O–H groups in total. The molecule has 2 aromatic rings. The number of hydrogen-bond donors (Lipinski definition) is 1. The SMILES string of the molecule is CC(C)COc1cc2oc(C(=O)O)cc2cc1Br. The van der Waals surface area contributed by atoms with Gasteiger partial charge in [-0.1, -0.05) is 13.8 Å². The molecule has 0 bridgehead atoms. The number of carboxylic acid groups (broad SMARTS) is 1. The van der Waals surface area contributed by atoms with Crippen molar-refractivity contribution in [3.8, 4) is 5.75 Å². The topological polar surface area (TPSA) is 59.7 Å². The third-order valence-electron chi connectivity index (χ3n) is 2.35. The second-order valence-corrected chi connectivity index (χ2v) is 5.30. The molecule has 0 atom stereocenters. The molecular weight excluding hydrogens is 300 g/mol. The van der Waals surface area contributed by atoms with Crippen LogP contribution in [0.1, 0.15) is 24.4 Å². The van der Waals surface area contributed by atoms with Gasteiger partial charge in [0.05, 0.1) is 11.1 Å². The van der Waals surface area contributed by atoms with E-state index in [2.05, 4.69) is 29.8 Å². The molecule has 5 heteroatoms. The molecule has 0 amide bonds. The van der Waals surface area contributed by atoms with E-state index in [9.17, 15) is 4.79 Å². The van der Waals surface area contributed by atoms with Gasteiger partial charge in [-0.2, -0.15) is 0 Å². The van der Waals surface area contributed by atoms with Crippen molar-refractivity contribution >= 4 is 32.9 Å². The average molecular weight is 313 g/mol. The van der Waals surface area contributed by atoms with Crippen LogP contribution in [0.25, 0.3) is 11.0 Å². The van der Waals surface area contributed by atoms with Crippen molar-refractivity contribution < 1.29 is 19.1 Å². The van der Waals surface area contributed by atoms with Gasteiger partial charge in [0.1, 0.15) is 11.3 Å². The van der Waals surface area contributed by atoms with Gasteiger partial charge in [0, 0.05) is 11.5 Å². The zero-order valence-corrected chi connectivity index (χ0v) is 11.7. The molecule has 0 fully saturated rings. The maximum Gasteiger partial charge on any atom is 0.371 e. The summed E-state index contributed by atoms with van der Waals surface area (Å²) in [6.45, 7) is 4.71. The average Bonchev–Trinajstić information content (AvgIpc) is 2.68. The van der Waals surface area contributed by atoms with Gasteiger partial charge in [-0.15, -0.1) is 0 Å². The Morgan fingerprint density at radius 1 is 1.44 bits per heavy atom. The van der Waals surface area contributed by atoms with Crippen LogP contribution in [0, 0.1) is 5.92 Å². The highest BCUT2D eigenvalue weighted by atomic mass is 79.9. The Hall–Kier alpha value is -1.49. The Kier molecular flexibility index (Phi) is 3.61. The second-order valence-electron chi connectivity index (χ2n) is 4.44. The fraction of sp³-hybridized carbons (Fsp3) is 0.308. The summed E-state index contributed by atoms with van der Waals surface area (Å²) in [5.41, 5.74) is 0.509. The highest BCUT2D eigenvalue weighted by Crippen LogP contribution is 2.32. The van der Waals surface area contributed by atoms with E-state index in [0.29, 0.717) is 23.9 Å². The molecule has 0 aliphatic heterocycles. The lowest BCUT2D eigenvalue weighted by Gasteiger charge is -2.10. The molecule has 1 aromatic heterocycles. The Labute approximate surface area is 113 Å². The highest BCUT2D eigenvalue weighted by Gasteiger charge is 2.13. The lowest BCUT2D eigenvalue weighted by atomic mass is 10.2. The zero-order valence-electron chi connectivity index (χ0n) is 10.1. The number of ether oxygens (including phenoxy) is 1. The minimum Gasteiger partial charge on any atom is -0.492 e. The van der Waals surface area contributed by atoms with Gasteiger partial charge in [0.25, 0.3) is 0 Å². The van der Waals surface area contributed by atoms with Crippen LogP contribution >= 0.6 is 15.9 Å². The first-order valence-corrected chi connectivity index (χ1v) is 6.36. The molecule has 1 heterocycles. The van der Waals surface area contributed by atoms with Gasteiger partial charge in [-0.05, 0) is 34.0 Å². The number of benzene rings is 1. The molecule has 1 aromatic carbocycles. The summed E-state index contributed by atoms with van der Waals surface area (Å²) in [4.78, 5) is 10.8. The van der Waals surface area contributed by atoms with Crippen molar-refractivity contribution in [3.63, 3.8) is 0 Å². The van der Waals surface area contributed by atoms with Crippen molar-refractivity contribution in [2.75, 3.05) is 6.61 Å². The number of hydrogen-bond acceptors (Lipinski definition) is 3. The Bertz CT molecular complexity index is 586. The number of fused-ring (bicyclic) bond motifs is 1. The van der Waals surface area contributed by atoms with Gasteiger partial charge in [-0.25, -0.2) is 4.79 Å². The summed E-state index contributed by atoms with van der Waals surface area (Å²) in [6, 6.07) is 4.99. The smallest absolute Gasteiger partial charge is 0.371 e. The zero-order chi connectivity index (χ0) is 13.3. The van der Waals surface area contributed by atoms with Crippen LogP contribution in [0.5, 0.6) is 5.75 Å². The molecule has 0 aliphatic rings. The van der Waals surface area contributed by atoms with E-state index in [4.69, 9.17) is 14.3 Å². The van der Waals surface area contributed by atoms with Crippen LogP contribution in [-0.4, -0.2) is 17.7 Å². The summed E-state index contributed by atoms with van der Waals surface area (Å²) in [6.07, 6.45) is 0. The molecule has 0 aliphatic carbocycles. The Morgan fingerprint density at radius 3 is 2.78 bits per heavy atom. The van der Waals surface area contributed by atoms with Gasteiger partial charge in [-0.3, -0.25) is 0 Å². The summed E-state index contributed by atoms with van der Waals surface area (Å²) in [5.74, 6) is -0.0776. The first-order chi connectivity index (χ1) is 8.47. The largest absolute Gasteiger partial charge is 0.492 e. The molecule has 4 nitrogen and oxygen atoms in total. The van der Waals surface area contributed by atoms with E-state index in [1.54, 1.807) is 12.1 Å². The fourth-order valence-corrected chi connectivity index (χ4v) is 1.99. The van der Waals surface area contributed by atoms with Crippen LogP contribution in [0.4, 0.5) is 0 Å². The van der Waals surface area contributed by atoms with Crippen molar-refractivity contribution in [2.24, 2.45) is 5.92 Å². The summed E-state index contributed by atoms with van der Waals surface area (Å²) in [5, 5.41) is 9.60. The maximum atomic E-state index is 10.8. The first-order valence-electron chi connectivity index (χ1n) is 5.56. The number of carboxylic acids is 1. The van der Waals surface area contributed by atoms with Crippen LogP contribution in [-0.2, 0) is 0 Å². The predicted octanol–water partition coefficient (Wildman–Crippen LogP) is 3.93. The lowest BCUT2D eigenvalue weighted by Crippen LogP contribution is -2.04. The predicted molar refractivity (Wildman–Crippen MR) is 71.2 cm³/mol. The van der Waals surface area contributed by atoms with E-state index in [1.165, 1.54) is 6.07 Å². The first kappa shape index (κ1) is 13.0. The maximum absolute atomic E-state index is 10.8. The number of halogens is 1. The monoisotopic (exact) mass is 312 g/mol. The molecule has 0 radical (unpaired) electrons. The van der Waals surface area contributed by atoms with Gasteiger partial charge in [0.2, 0.25) is 5.76 Å². The standard InChI is InChI=1S/C13H13BrO4/c1-7(2)6-17-11-5-10-8(3-9(11)14)4-12(18-10)13(15)16/h3-5,7H,6H2,1-2H3,(H,15,16). The van der Waals surface area contributed by atoms with Gasteiger partial charge < -0.3 is 14.3 Å². The summed E-state index contributed by atoms with van der Waals surface area (Å²) in [7, 11) is 0. The van der Waals surface area contributed by atoms with Gasteiger partial charge in [0.15, 0.2) is 0 Å². The van der Waals surface area contributed by atoms with Crippen LogP contribution in [0.2, 0.25) is 0 Å². The van der Waals surface area contributed by atoms with Crippen LogP contribution in [0.15, 0.2) is 27.1 Å². The highest BCUT2D eigenvalue weighted by molar-refractivity contribution is 9.10. The third-order valence-corrected chi connectivity index (χ3v) is 2.97. The molecule has 0 saturated carbocycles. The second kappa shape index (κ2) is 5.02. The van der Waals surface area contributed by atoms with E-state index in [0.717, 1.165) is 9.86 Å². The number of carbonyl (C=O) groups is 1. The molecule has 0 saturated heterocycles. The Morgan fingerprint density at radius 2 is 2.17 bits per heavy atom. The Balaban J connectivity index is 2.38. The van der Waals surface area contributed by atoms with Crippen LogP contribution in [0.3, 0.4) is 0 Å². The van der Waals surface area contributed by atoms with Crippen molar-refractivity contribution in [3.05, 3.63) is 28.4 Å². The van der Waals surface area contributed by atoms with Crippen LogP contribution < -0.4 is 4.74 Å². The van der Waals surface area contributed by atoms with Crippen molar-refractivity contribution in [1.29, 1.82) is 0 Å². The van der Waals surface area contributed by atoms with E-state index in [1.807, 2.05) is 0 Å². The normalized spacial score (nSPS) is 11.1. The van der Waals surface area contributed by atoms with Crippen molar-refractivity contribution in [2.45, 2.75) is 13.8 Å². The third kappa shape index (κ3) is 2.67. The minimum absolute atomic E-state index is 0.0714. The molecule has 0 spiro atoms. The molecule has 2 rings (SSSR count). The quantitative estimate of drug-likeness (QED) is 0.929. The minimum atomic E-state index is -1.08. The summed E-state index contributed by atoms with van der Waals surface area (Å²) < 4.78 is 11.6. The molecule has 0 unspecified atom stereocenters. The van der Waals surface area contributed by atoms with Gasteiger partial charge >= 0.3 is 5.97 Å². The lowest BCUT2D eigenvalue weighted by molar-refractivity contribution is 0.0665. The number of rotatable bonds is 4. The molecular formula is C13H13BrO4. The van der Waals surface area contributed by atoms with Crippen molar-refractivity contribution in [1.82, 2.24) is 0 Å². The fourth-order valence-electron chi connectivity index (χ4n) is 1.51. The molecule has 96 valence electrons.